The third-order valence-electron chi connectivity index (χ3n) is 3.52. The number of benzene rings is 1. The zero-order chi connectivity index (χ0) is 14.0. The van der Waals surface area contributed by atoms with Crippen molar-refractivity contribution in [1.82, 2.24) is 4.31 Å². The molecule has 0 heterocycles. The number of ketones is 1. The number of carbonyl (C=O) groups excluding carboxylic acids is 1. The van der Waals surface area contributed by atoms with Gasteiger partial charge in [-0.05, 0) is 37.1 Å². The highest BCUT2D eigenvalue weighted by Gasteiger charge is 2.30. The average Bonchev–Trinajstić information content (AvgIpc) is 2.39. The van der Waals surface area contributed by atoms with Crippen LogP contribution >= 0.6 is 15.9 Å². The number of halogens is 1. The molecule has 0 unspecified atom stereocenters. The minimum atomic E-state index is -3.47. The Morgan fingerprint density at radius 2 is 1.68 bits per heavy atom. The van der Waals surface area contributed by atoms with Crippen LogP contribution in [0.5, 0.6) is 0 Å². The van der Waals surface area contributed by atoms with E-state index < -0.39 is 10.0 Å². The second-order valence-electron chi connectivity index (χ2n) is 4.75. The van der Waals surface area contributed by atoms with Gasteiger partial charge in [0.05, 0.1) is 4.90 Å². The van der Waals surface area contributed by atoms with Crippen molar-refractivity contribution in [3.8, 4) is 0 Å². The zero-order valence-corrected chi connectivity index (χ0v) is 13.1. The Morgan fingerprint density at radius 3 is 2.21 bits per heavy atom. The molecule has 0 saturated heterocycles. The maximum Gasteiger partial charge on any atom is 0.243 e. The molecule has 19 heavy (non-hydrogen) atoms. The summed E-state index contributed by atoms with van der Waals surface area (Å²) in [5.74, 6) is 0.227. The van der Waals surface area contributed by atoms with Crippen LogP contribution < -0.4 is 0 Å². The van der Waals surface area contributed by atoms with Gasteiger partial charge in [-0.3, -0.25) is 4.79 Å². The van der Waals surface area contributed by atoms with E-state index in [1.807, 2.05) is 0 Å². The van der Waals surface area contributed by atoms with Crippen molar-refractivity contribution in [3.05, 3.63) is 28.7 Å². The predicted molar refractivity (Wildman–Crippen MR) is 76.4 cm³/mol. The molecule has 0 aromatic heterocycles. The normalized spacial score (nSPS) is 17.9. The Labute approximate surface area is 122 Å². The summed E-state index contributed by atoms with van der Waals surface area (Å²) in [5.41, 5.74) is 0. The molecule has 4 nitrogen and oxygen atoms in total. The van der Waals surface area contributed by atoms with Gasteiger partial charge in [0, 0.05) is 30.4 Å². The molecule has 1 aromatic rings. The van der Waals surface area contributed by atoms with E-state index in [0.717, 1.165) is 4.47 Å². The van der Waals surface area contributed by atoms with E-state index in [4.69, 9.17) is 0 Å². The van der Waals surface area contributed by atoms with Crippen molar-refractivity contribution < 1.29 is 13.2 Å². The van der Waals surface area contributed by atoms with Gasteiger partial charge in [-0.1, -0.05) is 15.9 Å². The van der Waals surface area contributed by atoms with Gasteiger partial charge in [0.15, 0.2) is 0 Å². The first-order valence-corrected chi connectivity index (χ1v) is 8.40. The summed E-state index contributed by atoms with van der Waals surface area (Å²) < 4.78 is 27.2. The van der Waals surface area contributed by atoms with Crippen molar-refractivity contribution >= 4 is 31.7 Å². The van der Waals surface area contributed by atoms with Crippen LogP contribution in [0.25, 0.3) is 0 Å². The van der Waals surface area contributed by atoms with Crippen molar-refractivity contribution in [2.75, 3.05) is 7.05 Å². The van der Waals surface area contributed by atoms with Crippen LogP contribution in [0.3, 0.4) is 0 Å². The van der Waals surface area contributed by atoms with Gasteiger partial charge in [0.2, 0.25) is 10.0 Å². The first kappa shape index (κ1) is 14.7. The quantitative estimate of drug-likeness (QED) is 0.845. The molecule has 1 aliphatic rings. The number of hydrogen-bond acceptors (Lipinski definition) is 3. The highest BCUT2D eigenvalue weighted by molar-refractivity contribution is 9.10. The van der Waals surface area contributed by atoms with Crippen molar-refractivity contribution in [2.24, 2.45) is 0 Å². The Balaban J connectivity index is 2.19. The summed E-state index contributed by atoms with van der Waals surface area (Å²) in [6, 6.07) is 6.52. The molecular formula is C13H16BrNO3S. The third-order valence-corrected chi connectivity index (χ3v) is 5.97. The largest absolute Gasteiger partial charge is 0.300 e. The zero-order valence-electron chi connectivity index (χ0n) is 10.7. The Kier molecular flexibility index (Phi) is 4.43. The smallest absolute Gasteiger partial charge is 0.243 e. The molecular weight excluding hydrogens is 330 g/mol. The van der Waals surface area contributed by atoms with Crippen LogP contribution in [0.2, 0.25) is 0 Å². The van der Waals surface area contributed by atoms with Crippen molar-refractivity contribution in [1.29, 1.82) is 0 Å². The van der Waals surface area contributed by atoms with Gasteiger partial charge in [-0.15, -0.1) is 0 Å². The summed E-state index contributed by atoms with van der Waals surface area (Å²) in [6.07, 6.45) is 2.19. The predicted octanol–water partition coefficient (Wildman–Crippen LogP) is 2.58. The van der Waals surface area contributed by atoms with E-state index in [1.54, 1.807) is 31.3 Å². The third kappa shape index (κ3) is 3.24. The number of hydrogen-bond donors (Lipinski definition) is 0. The fourth-order valence-electron chi connectivity index (χ4n) is 2.26. The highest BCUT2D eigenvalue weighted by Crippen LogP contribution is 2.25. The molecule has 0 spiro atoms. The van der Waals surface area contributed by atoms with Gasteiger partial charge in [0.25, 0.3) is 0 Å². The first-order chi connectivity index (χ1) is 8.91. The van der Waals surface area contributed by atoms with Gasteiger partial charge >= 0.3 is 0 Å². The monoisotopic (exact) mass is 345 g/mol. The van der Waals surface area contributed by atoms with Crippen LogP contribution in [0.4, 0.5) is 0 Å². The fraction of sp³-hybridized carbons (Fsp3) is 0.462. The van der Waals surface area contributed by atoms with Gasteiger partial charge in [-0.2, -0.15) is 4.31 Å². The number of nitrogens with zero attached hydrogens (tertiary/aromatic N) is 1. The van der Waals surface area contributed by atoms with Crippen LogP contribution in [0.1, 0.15) is 25.7 Å². The number of rotatable bonds is 3. The number of Topliss-reactive ketones (excluding diaryl/α,β-unsaturated/α-hetero) is 1. The van der Waals surface area contributed by atoms with Crippen LogP contribution in [0, 0.1) is 0 Å². The van der Waals surface area contributed by atoms with Crippen molar-refractivity contribution in [3.63, 3.8) is 0 Å². The number of carbonyl (C=O) groups is 1. The molecule has 0 radical (unpaired) electrons. The lowest BCUT2D eigenvalue weighted by atomic mass is 9.95. The molecule has 6 heteroatoms. The fourth-order valence-corrected chi connectivity index (χ4v) is 3.94. The van der Waals surface area contributed by atoms with E-state index in [0.29, 0.717) is 25.7 Å². The maximum absolute atomic E-state index is 12.4. The van der Waals surface area contributed by atoms with Crippen LogP contribution in [0.15, 0.2) is 33.6 Å². The second-order valence-corrected chi connectivity index (χ2v) is 7.66. The van der Waals surface area contributed by atoms with E-state index in [2.05, 4.69) is 15.9 Å². The molecule has 0 atom stereocenters. The summed E-state index contributed by atoms with van der Waals surface area (Å²) in [5, 5.41) is 0. The second kappa shape index (κ2) is 5.73. The van der Waals surface area contributed by atoms with Gasteiger partial charge < -0.3 is 0 Å². The Morgan fingerprint density at radius 1 is 1.16 bits per heavy atom. The molecule has 1 aromatic carbocycles. The standard InChI is InChI=1S/C13H16BrNO3S/c1-15(11-4-6-12(16)7-5-11)19(17,18)13-8-2-10(14)3-9-13/h2-3,8-9,11H,4-7H2,1H3. The molecule has 1 aliphatic carbocycles. The maximum atomic E-state index is 12.4. The molecule has 1 saturated carbocycles. The lowest BCUT2D eigenvalue weighted by Crippen LogP contribution is -2.39. The number of sulfonamides is 1. The summed E-state index contributed by atoms with van der Waals surface area (Å²) in [7, 11) is -1.88. The minimum Gasteiger partial charge on any atom is -0.300 e. The minimum absolute atomic E-state index is 0.0775. The molecule has 0 N–H and O–H groups in total. The Hall–Kier alpha value is -0.720. The van der Waals surface area contributed by atoms with E-state index in [1.165, 1.54) is 4.31 Å². The SMILES string of the molecule is CN(C1CCC(=O)CC1)S(=O)(=O)c1ccc(Br)cc1. The summed E-state index contributed by atoms with van der Waals surface area (Å²) in [6.45, 7) is 0. The van der Waals surface area contributed by atoms with Gasteiger partial charge in [-0.25, -0.2) is 8.42 Å². The molecule has 1 fully saturated rings. The van der Waals surface area contributed by atoms with Crippen molar-refractivity contribution in [2.45, 2.75) is 36.6 Å². The van der Waals surface area contributed by atoms with E-state index >= 15 is 0 Å². The lowest BCUT2D eigenvalue weighted by molar-refractivity contribution is -0.120. The average molecular weight is 346 g/mol. The topological polar surface area (TPSA) is 54.5 Å². The molecule has 0 aliphatic heterocycles. The van der Waals surface area contributed by atoms with E-state index in [9.17, 15) is 13.2 Å². The molecule has 104 valence electrons. The molecule has 2 rings (SSSR count). The summed E-state index contributed by atoms with van der Waals surface area (Å²) >= 11 is 3.29. The lowest BCUT2D eigenvalue weighted by Gasteiger charge is -2.29. The van der Waals surface area contributed by atoms with Gasteiger partial charge in [0.1, 0.15) is 5.78 Å². The Bertz CT molecular complexity index is 558. The van der Waals surface area contributed by atoms with Crippen LogP contribution in [-0.2, 0) is 14.8 Å². The summed E-state index contributed by atoms with van der Waals surface area (Å²) in [4.78, 5) is 11.5. The van der Waals surface area contributed by atoms with Crippen LogP contribution in [-0.4, -0.2) is 31.6 Å². The molecule has 0 bridgehead atoms. The highest BCUT2D eigenvalue weighted by atomic mass is 79.9. The molecule has 0 amide bonds. The first-order valence-electron chi connectivity index (χ1n) is 6.16. The van der Waals surface area contributed by atoms with E-state index in [-0.39, 0.29) is 16.7 Å².